The molecule has 1 aliphatic rings. The van der Waals surface area contributed by atoms with E-state index in [9.17, 15) is 4.79 Å². The summed E-state index contributed by atoms with van der Waals surface area (Å²) in [5.41, 5.74) is 0.0815. The van der Waals surface area contributed by atoms with E-state index in [4.69, 9.17) is 5.11 Å². The topological polar surface area (TPSA) is 65.5 Å². The van der Waals surface area contributed by atoms with Gasteiger partial charge in [-0.3, -0.25) is 0 Å². The van der Waals surface area contributed by atoms with Gasteiger partial charge in [-0.1, -0.05) is 12.5 Å². The summed E-state index contributed by atoms with van der Waals surface area (Å²) >= 11 is 0. The van der Waals surface area contributed by atoms with Crippen molar-refractivity contribution in [3.63, 3.8) is 0 Å². The van der Waals surface area contributed by atoms with Crippen molar-refractivity contribution in [3.05, 3.63) is 23.9 Å². The molecule has 0 amide bonds. The number of likely N-dealkylation sites (tertiary alicyclic amines) is 1. The van der Waals surface area contributed by atoms with E-state index < -0.39 is 5.97 Å². The molecule has 1 aliphatic heterocycles. The molecule has 1 aromatic rings. The van der Waals surface area contributed by atoms with Gasteiger partial charge in [0.05, 0.1) is 0 Å². The lowest BCUT2D eigenvalue weighted by Crippen LogP contribution is -2.33. The van der Waals surface area contributed by atoms with Crippen molar-refractivity contribution in [3.8, 4) is 0 Å². The SMILES string of the molecule is O=C(O)c1cccc(NCCN2CCCCC2)n1. The summed E-state index contributed by atoms with van der Waals surface area (Å²) in [5, 5.41) is 12.0. The van der Waals surface area contributed by atoms with Gasteiger partial charge in [-0.25, -0.2) is 9.78 Å². The van der Waals surface area contributed by atoms with Crippen LogP contribution in [0.3, 0.4) is 0 Å². The predicted molar refractivity (Wildman–Crippen MR) is 70.0 cm³/mol. The summed E-state index contributed by atoms with van der Waals surface area (Å²) < 4.78 is 0. The molecule has 0 bridgehead atoms. The minimum absolute atomic E-state index is 0.0815. The lowest BCUT2D eigenvalue weighted by Gasteiger charge is -2.26. The van der Waals surface area contributed by atoms with E-state index in [1.54, 1.807) is 12.1 Å². The smallest absolute Gasteiger partial charge is 0.354 e. The molecule has 98 valence electrons. The number of carboxylic acids is 1. The zero-order valence-corrected chi connectivity index (χ0v) is 10.4. The molecule has 5 heteroatoms. The average Bonchev–Trinajstić information content (AvgIpc) is 2.40. The second-order valence-corrected chi connectivity index (χ2v) is 4.54. The van der Waals surface area contributed by atoms with E-state index >= 15 is 0 Å². The maximum absolute atomic E-state index is 10.8. The van der Waals surface area contributed by atoms with Crippen LogP contribution in [0.25, 0.3) is 0 Å². The summed E-state index contributed by atoms with van der Waals surface area (Å²) in [6.45, 7) is 4.13. The van der Waals surface area contributed by atoms with Crippen LogP contribution in [0, 0.1) is 0 Å². The number of aromatic nitrogens is 1. The Bertz CT molecular complexity index is 403. The number of anilines is 1. The Morgan fingerprint density at radius 2 is 2.11 bits per heavy atom. The van der Waals surface area contributed by atoms with Crippen LogP contribution < -0.4 is 5.32 Å². The molecule has 0 atom stereocenters. The molecular formula is C13H19N3O2. The molecule has 0 aliphatic carbocycles. The second-order valence-electron chi connectivity index (χ2n) is 4.54. The third-order valence-corrected chi connectivity index (χ3v) is 3.15. The zero-order chi connectivity index (χ0) is 12.8. The number of rotatable bonds is 5. The molecule has 0 radical (unpaired) electrons. The van der Waals surface area contributed by atoms with Crippen molar-refractivity contribution in [1.29, 1.82) is 0 Å². The number of hydrogen-bond acceptors (Lipinski definition) is 4. The lowest BCUT2D eigenvalue weighted by molar-refractivity contribution is 0.0690. The van der Waals surface area contributed by atoms with Crippen molar-refractivity contribution < 1.29 is 9.90 Å². The molecule has 0 aromatic carbocycles. The summed E-state index contributed by atoms with van der Waals surface area (Å²) in [4.78, 5) is 17.2. The zero-order valence-electron chi connectivity index (χ0n) is 10.4. The van der Waals surface area contributed by atoms with Gasteiger partial charge in [0.15, 0.2) is 5.69 Å². The molecule has 2 heterocycles. The van der Waals surface area contributed by atoms with Crippen LogP contribution in [0.2, 0.25) is 0 Å². The monoisotopic (exact) mass is 249 g/mol. The Morgan fingerprint density at radius 1 is 1.33 bits per heavy atom. The normalized spacial score (nSPS) is 16.4. The number of nitrogens with zero attached hydrogens (tertiary/aromatic N) is 2. The quantitative estimate of drug-likeness (QED) is 0.831. The molecule has 1 aromatic heterocycles. The molecule has 1 fully saturated rings. The predicted octanol–water partition coefficient (Wildman–Crippen LogP) is 1.68. The summed E-state index contributed by atoms with van der Waals surface area (Å²) in [6.07, 6.45) is 3.91. The Hall–Kier alpha value is -1.62. The van der Waals surface area contributed by atoms with Gasteiger partial charge in [0.1, 0.15) is 5.82 Å². The van der Waals surface area contributed by atoms with E-state index in [1.807, 2.05) is 0 Å². The van der Waals surface area contributed by atoms with Crippen molar-refractivity contribution in [1.82, 2.24) is 9.88 Å². The number of carbonyl (C=O) groups is 1. The summed E-state index contributed by atoms with van der Waals surface area (Å²) in [6, 6.07) is 5.00. The Balaban J connectivity index is 1.78. The van der Waals surface area contributed by atoms with Gasteiger partial charge in [0.25, 0.3) is 0 Å². The van der Waals surface area contributed by atoms with Crippen LogP contribution in [0.5, 0.6) is 0 Å². The molecule has 0 saturated carbocycles. The number of aromatic carboxylic acids is 1. The van der Waals surface area contributed by atoms with Crippen LogP contribution in [0.15, 0.2) is 18.2 Å². The van der Waals surface area contributed by atoms with Crippen LogP contribution in [-0.4, -0.2) is 47.1 Å². The van der Waals surface area contributed by atoms with Gasteiger partial charge >= 0.3 is 5.97 Å². The maximum atomic E-state index is 10.8. The molecule has 1 saturated heterocycles. The lowest BCUT2D eigenvalue weighted by atomic mass is 10.1. The van der Waals surface area contributed by atoms with E-state index in [2.05, 4.69) is 15.2 Å². The minimum atomic E-state index is -0.991. The standard InChI is InChI=1S/C13H19N3O2/c17-13(18)11-5-4-6-12(15-11)14-7-10-16-8-2-1-3-9-16/h4-6H,1-3,7-10H2,(H,14,15)(H,17,18). The first-order valence-electron chi connectivity index (χ1n) is 6.42. The van der Waals surface area contributed by atoms with Gasteiger partial charge < -0.3 is 15.3 Å². The van der Waals surface area contributed by atoms with Gasteiger partial charge in [-0.05, 0) is 38.1 Å². The van der Waals surface area contributed by atoms with Gasteiger partial charge in [-0.2, -0.15) is 0 Å². The maximum Gasteiger partial charge on any atom is 0.354 e. The van der Waals surface area contributed by atoms with Gasteiger partial charge in [-0.15, -0.1) is 0 Å². The average molecular weight is 249 g/mol. The molecule has 18 heavy (non-hydrogen) atoms. The van der Waals surface area contributed by atoms with Crippen molar-refractivity contribution in [2.75, 3.05) is 31.5 Å². The molecule has 5 nitrogen and oxygen atoms in total. The highest BCUT2D eigenvalue weighted by molar-refractivity contribution is 5.85. The van der Waals surface area contributed by atoms with Crippen molar-refractivity contribution in [2.24, 2.45) is 0 Å². The van der Waals surface area contributed by atoms with E-state index in [-0.39, 0.29) is 5.69 Å². The minimum Gasteiger partial charge on any atom is -0.477 e. The first kappa shape index (κ1) is 12.8. The Labute approximate surface area is 107 Å². The molecule has 0 spiro atoms. The number of nitrogens with one attached hydrogen (secondary N) is 1. The fraction of sp³-hybridized carbons (Fsp3) is 0.538. The summed E-state index contributed by atoms with van der Waals surface area (Å²) in [5.74, 6) is -0.360. The third-order valence-electron chi connectivity index (χ3n) is 3.15. The van der Waals surface area contributed by atoms with Crippen LogP contribution in [-0.2, 0) is 0 Å². The van der Waals surface area contributed by atoms with E-state index in [0.717, 1.165) is 13.1 Å². The molecule has 2 N–H and O–H groups in total. The number of piperidine rings is 1. The van der Waals surface area contributed by atoms with Crippen LogP contribution in [0.1, 0.15) is 29.8 Å². The van der Waals surface area contributed by atoms with Crippen LogP contribution in [0.4, 0.5) is 5.82 Å². The fourth-order valence-corrected chi connectivity index (χ4v) is 2.18. The highest BCUT2D eigenvalue weighted by atomic mass is 16.4. The molecular weight excluding hydrogens is 230 g/mol. The number of hydrogen-bond donors (Lipinski definition) is 2. The van der Waals surface area contributed by atoms with Crippen molar-refractivity contribution in [2.45, 2.75) is 19.3 Å². The first-order valence-corrected chi connectivity index (χ1v) is 6.42. The van der Waals surface area contributed by atoms with Crippen molar-refractivity contribution >= 4 is 11.8 Å². The Kier molecular flexibility index (Phi) is 4.52. The highest BCUT2D eigenvalue weighted by Crippen LogP contribution is 2.08. The fourth-order valence-electron chi connectivity index (χ4n) is 2.18. The third kappa shape index (κ3) is 3.70. The van der Waals surface area contributed by atoms with E-state index in [1.165, 1.54) is 38.4 Å². The largest absolute Gasteiger partial charge is 0.477 e. The van der Waals surface area contributed by atoms with Crippen LogP contribution >= 0.6 is 0 Å². The number of pyridine rings is 1. The molecule has 2 rings (SSSR count). The summed E-state index contributed by atoms with van der Waals surface area (Å²) in [7, 11) is 0. The molecule has 0 unspecified atom stereocenters. The second kappa shape index (κ2) is 6.35. The van der Waals surface area contributed by atoms with Gasteiger partial charge in [0.2, 0.25) is 0 Å². The first-order chi connectivity index (χ1) is 8.75. The van der Waals surface area contributed by atoms with E-state index in [0.29, 0.717) is 5.82 Å². The highest BCUT2D eigenvalue weighted by Gasteiger charge is 2.09. The van der Waals surface area contributed by atoms with Gasteiger partial charge in [0, 0.05) is 13.1 Å². The number of carboxylic acid groups (broad SMARTS) is 1. The Morgan fingerprint density at radius 3 is 2.83 bits per heavy atom.